The van der Waals surface area contributed by atoms with Crippen LogP contribution < -0.4 is 0 Å². The number of nitrogens with zero attached hydrogens (tertiary/aromatic N) is 1. The summed E-state index contributed by atoms with van der Waals surface area (Å²) in [5, 5.41) is 44.0. The molecule has 17 heteroatoms. The van der Waals surface area contributed by atoms with Gasteiger partial charge in [0, 0.05) is 56.8 Å². The van der Waals surface area contributed by atoms with Crippen LogP contribution in [0.4, 0.5) is 0 Å². The normalized spacial score (nSPS) is 45.9. The van der Waals surface area contributed by atoms with Crippen LogP contribution in [0, 0.1) is 29.6 Å². The van der Waals surface area contributed by atoms with Gasteiger partial charge >= 0.3 is 5.97 Å². The minimum Gasteiger partial charge on any atom is -0.462 e. The van der Waals surface area contributed by atoms with E-state index in [0.29, 0.717) is 12.0 Å². The number of carbonyl (C=O) groups excluding carboxylic acids is 3. The van der Waals surface area contributed by atoms with E-state index in [4.69, 9.17) is 42.6 Å². The molecular weight excluding hydrogens is 835 g/mol. The van der Waals surface area contributed by atoms with E-state index in [9.17, 15) is 34.8 Å². The monoisotopic (exact) mass is 914 g/mol. The summed E-state index contributed by atoms with van der Waals surface area (Å²) < 4.78 is 55.5. The van der Waals surface area contributed by atoms with Gasteiger partial charge in [0.2, 0.25) is 0 Å². The molecule has 0 saturated carbocycles. The van der Waals surface area contributed by atoms with E-state index in [1.165, 1.54) is 20.3 Å². The summed E-state index contributed by atoms with van der Waals surface area (Å²) >= 11 is 0. The van der Waals surface area contributed by atoms with E-state index in [0.717, 1.165) is 6.29 Å². The number of rotatable bonds is 13. The Labute approximate surface area is 380 Å². The molecule has 4 heterocycles. The molecule has 3 saturated heterocycles. The average molecular weight is 914 g/mol. The summed E-state index contributed by atoms with van der Waals surface area (Å²) in [6.07, 6.45) is -5.21. The number of ether oxygens (including phenoxy) is 9. The number of methoxy groups -OCH3 is 2. The van der Waals surface area contributed by atoms with E-state index < -0.39 is 121 Å². The highest BCUT2D eigenvalue weighted by Gasteiger charge is 2.51. The van der Waals surface area contributed by atoms with Gasteiger partial charge < -0.3 is 72.8 Å². The quantitative estimate of drug-likeness (QED) is 0.154. The largest absolute Gasteiger partial charge is 0.462 e. The van der Waals surface area contributed by atoms with Gasteiger partial charge in [0.1, 0.15) is 42.9 Å². The molecule has 0 unspecified atom stereocenters. The molecule has 64 heavy (non-hydrogen) atoms. The van der Waals surface area contributed by atoms with Crippen LogP contribution in [0.3, 0.4) is 0 Å². The minimum absolute atomic E-state index is 0.0158. The van der Waals surface area contributed by atoms with Crippen LogP contribution >= 0.6 is 0 Å². The Bertz CT molecular complexity index is 1560. The molecule has 0 bridgehead atoms. The average Bonchev–Trinajstić information content (AvgIpc) is 3.23. The zero-order valence-corrected chi connectivity index (χ0v) is 40.2. The SMILES string of the molecule is CC[C@H]1OC(=O)C[C@@H](O)[C@H](C)[C@@H](O[C@@H]2O[C@H](C)[C@@H](O[C@H]3C[C@@](C)(O)[C@@H](O)[C@H](C)O3)[C@H](N(C)C)[C@H]2C)[C@@H](CC=O)C[C@@H](C)C(=O)/C=C/C(C)=C/[C@@H]1CO[C@@H]1O[C@H](C)[C@@H](O)[C@@H](OC)[C@H]1OC. The number of aliphatic hydroxyl groups is 4. The van der Waals surface area contributed by atoms with Gasteiger partial charge in [-0.15, -0.1) is 0 Å². The van der Waals surface area contributed by atoms with Crippen LogP contribution in [0.25, 0.3) is 0 Å². The summed E-state index contributed by atoms with van der Waals surface area (Å²) in [6.45, 7) is 16.0. The van der Waals surface area contributed by atoms with E-state index in [1.807, 2.05) is 52.8 Å². The molecule has 3 fully saturated rings. The molecule has 0 spiro atoms. The summed E-state index contributed by atoms with van der Waals surface area (Å²) in [5.41, 5.74) is -0.716. The number of likely N-dealkylation sites (N-methyl/N-ethyl adjacent to an activating group) is 1. The van der Waals surface area contributed by atoms with Crippen molar-refractivity contribution in [1.82, 2.24) is 4.90 Å². The summed E-state index contributed by atoms with van der Waals surface area (Å²) in [6, 6.07) is -0.304. The number of allylic oxidation sites excluding steroid dienone is 3. The fourth-order valence-electron chi connectivity index (χ4n) is 9.87. The Morgan fingerprint density at radius 1 is 0.859 bits per heavy atom. The first-order valence-electron chi connectivity index (χ1n) is 23.0. The highest BCUT2D eigenvalue weighted by atomic mass is 16.7. The fraction of sp³-hybridized carbons (Fsp3) is 0.851. The van der Waals surface area contributed by atoms with Gasteiger partial charge in [0.05, 0.1) is 49.1 Å². The zero-order chi connectivity index (χ0) is 47.8. The lowest BCUT2D eigenvalue weighted by Gasteiger charge is -2.50. The molecule has 368 valence electrons. The van der Waals surface area contributed by atoms with Crippen LogP contribution in [0.1, 0.15) is 94.4 Å². The molecule has 0 aromatic carbocycles. The van der Waals surface area contributed by atoms with Crippen molar-refractivity contribution in [2.75, 3.05) is 34.9 Å². The third-order valence-electron chi connectivity index (χ3n) is 13.8. The molecule has 0 aromatic rings. The number of hydrogen-bond donors (Lipinski definition) is 4. The van der Waals surface area contributed by atoms with Crippen LogP contribution in [-0.2, 0) is 57.0 Å². The molecule has 4 aliphatic heterocycles. The van der Waals surface area contributed by atoms with Gasteiger partial charge in [-0.25, -0.2) is 0 Å². The molecule has 21 atom stereocenters. The Morgan fingerprint density at radius 2 is 1.52 bits per heavy atom. The van der Waals surface area contributed by atoms with Gasteiger partial charge in [-0.1, -0.05) is 45.4 Å². The summed E-state index contributed by atoms with van der Waals surface area (Å²) in [4.78, 5) is 41.9. The van der Waals surface area contributed by atoms with Crippen LogP contribution in [-0.4, -0.2) is 176 Å². The Morgan fingerprint density at radius 3 is 2.11 bits per heavy atom. The topological polar surface area (TPSA) is 218 Å². The van der Waals surface area contributed by atoms with E-state index in [-0.39, 0.29) is 50.0 Å². The smallest absolute Gasteiger partial charge is 0.308 e. The number of hydrogen-bond acceptors (Lipinski definition) is 17. The number of cyclic esters (lactones) is 1. The first kappa shape index (κ1) is 54.4. The van der Waals surface area contributed by atoms with Crippen molar-refractivity contribution < 1.29 is 77.4 Å². The molecule has 0 amide bonds. The predicted molar refractivity (Wildman–Crippen MR) is 233 cm³/mol. The number of aliphatic hydroxyl groups excluding tert-OH is 3. The molecule has 17 nitrogen and oxygen atoms in total. The van der Waals surface area contributed by atoms with Gasteiger partial charge in [0.15, 0.2) is 24.7 Å². The highest BCUT2D eigenvalue weighted by molar-refractivity contribution is 5.91. The second kappa shape index (κ2) is 24.2. The lowest BCUT2D eigenvalue weighted by atomic mass is 9.79. The van der Waals surface area contributed by atoms with Crippen LogP contribution in [0.2, 0.25) is 0 Å². The Balaban J connectivity index is 1.62. The lowest BCUT2D eigenvalue weighted by Crippen LogP contribution is -2.62. The first-order valence-corrected chi connectivity index (χ1v) is 23.0. The summed E-state index contributed by atoms with van der Waals surface area (Å²) in [7, 11) is 6.78. The Hall–Kier alpha value is -2.23. The maximum absolute atomic E-state index is 13.8. The van der Waals surface area contributed by atoms with Crippen molar-refractivity contribution in [3.05, 3.63) is 23.8 Å². The molecule has 4 N–H and O–H groups in total. The van der Waals surface area contributed by atoms with E-state index in [1.54, 1.807) is 40.7 Å². The second-order valence-corrected chi connectivity index (χ2v) is 19.1. The van der Waals surface area contributed by atoms with Crippen molar-refractivity contribution in [3.8, 4) is 0 Å². The van der Waals surface area contributed by atoms with Crippen molar-refractivity contribution in [2.24, 2.45) is 29.6 Å². The molecule has 4 aliphatic rings. The van der Waals surface area contributed by atoms with Gasteiger partial charge in [-0.05, 0) is 73.5 Å². The van der Waals surface area contributed by atoms with E-state index >= 15 is 0 Å². The number of aldehydes is 1. The summed E-state index contributed by atoms with van der Waals surface area (Å²) in [5.74, 6) is -3.54. The van der Waals surface area contributed by atoms with Crippen molar-refractivity contribution in [3.63, 3.8) is 0 Å². The van der Waals surface area contributed by atoms with Crippen molar-refractivity contribution >= 4 is 18.0 Å². The third kappa shape index (κ3) is 13.5. The number of carbonyl (C=O) groups is 3. The molecule has 0 aromatic heterocycles. The maximum Gasteiger partial charge on any atom is 0.308 e. The minimum atomic E-state index is -1.43. The molecule has 4 rings (SSSR count). The standard InChI is InChI=1S/C47H79NO16/c1-14-35-32(23-58-46-43(57-13)42(56-12)39(53)28(6)60-46)19-24(2)15-16-33(50)25(3)20-31(17-18-49)40(26(4)34(51)21-36(52)62-35)64-45-27(5)38(48(10)11)41(29(7)61-45)63-37-22-47(9,55)44(54)30(8)59-37/h15-16,18-19,25-32,34-35,37-46,51,53-55H,14,17,20-23H2,1-13H3/b16-15+,24-19+/t25-,26+,27-,28-,29-,30+,31+,32-,34-,35-,37+,38-,39-,40-,41-,42-,43-,44+,45+,46-,47-/m1/s1. The molecule has 0 aliphatic carbocycles. The molecule has 0 radical (unpaired) electrons. The van der Waals surface area contributed by atoms with Crippen LogP contribution in [0.15, 0.2) is 23.8 Å². The number of ketones is 1. The zero-order valence-electron chi connectivity index (χ0n) is 40.2. The second-order valence-electron chi connectivity index (χ2n) is 19.1. The lowest BCUT2D eigenvalue weighted by molar-refractivity contribution is -0.333. The first-order chi connectivity index (χ1) is 30.1. The third-order valence-corrected chi connectivity index (χ3v) is 13.8. The Kier molecular flexibility index (Phi) is 20.5. The van der Waals surface area contributed by atoms with Crippen molar-refractivity contribution in [2.45, 2.75) is 192 Å². The number of esters is 1. The van der Waals surface area contributed by atoms with Gasteiger partial charge in [0.25, 0.3) is 0 Å². The van der Waals surface area contributed by atoms with E-state index in [2.05, 4.69) is 0 Å². The highest BCUT2D eigenvalue weighted by Crippen LogP contribution is 2.39. The van der Waals surface area contributed by atoms with Crippen LogP contribution in [0.5, 0.6) is 0 Å². The van der Waals surface area contributed by atoms with Gasteiger partial charge in [-0.3, -0.25) is 9.59 Å². The maximum atomic E-state index is 13.8. The fourth-order valence-corrected chi connectivity index (χ4v) is 9.87. The predicted octanol–water partition coefficient (Wildman–Crippen LogP) is 3.11. The molecular formula is C47H79NO16. The van der Waals surface area contributed by atoms with Gasteiger partial charge in [-0.2, -0.15) is 0 Å². The van der Waals surface area contributed by atoms with Crippen molar-refractivity contribution in [1.29, 1.82) is 0 Å².